The molecule has 16 heavy (non-hydrogen) atoms. The summed E-state index contributed by atoms with van der Waals surface area (Å²) in [4.78, 5) is 8.76. The van der Waals surface area contributed by atoms with Gasteiger partial charge in [0.15, 0.2) is 0 Å². The first-order valence-electron chi connectivity index (χ1n) is 5.77. The normalized spacial score (nSPS) is 9.19. The highest BCUT2D eigenvalue weighted by atomic mass is 14.8. The van der Waals surface area contributed by atoms with Crippen molar-refractivity contribution >= 4 is 0 Å². The lowest BCUT2D eigenvalue weighted by Crippen LogP contribution is -1.90. The predicted octanol–water partition coefficient (Wildman–Crippen LogP) is 3.73. The second kappa shape index (κ2) is 6.72. The molecule has 2 nitrogen and oxygen atoms in total. The Morgan fingerprint density at radius 3 is 2.31 bits per heavy atom. The second-order valence-electron chi connectivity index (χ2n) is 3.08. The fourth-order valence-corrected chi connectivity index (χ4v) is 1.33. The maximum atomic E-state index is 4.50. The quantitative estimate of drug-likeness (QED) is 0.761. The van der Waals surface area contributed by atoms with Gasteiger partial charge in [-0.05, 0) is 30.7 Å². The van der Waals surface area contributed by atoms with E-state index in [0.717, 1.165) is 23.5 Å². The lowest BCUT2D eigenvalue weighted by molar-refractivity contribution is 1.03. The van der Waals surface area contributed by atoms with E-state index in [-0.39, 0.29) is 0 Å². The molecule has 2 aromatic heterocycles. The van der Waals surface area contributed by atoms with Gasteiger partial charge in [0.25, 0.3) is 0 Å². The average molecular weight is 214 g/mol. The fraction of sp³-hybridized carbons (Fsp3) is 0.286. The molecule has 0 aliphatic rings. The third-order valence-electron chi connectivity index (χ3n) is 2.10. The topological polar surface area (TPSA) is 25.8 Å². The number of hydrogen-bond donors (Lipinski definition) is 0. The van der Waals surface area contributed by atoms with Gasteiger partial charge >= 0.3 is 0 Å². The molecule has 0 aliphatic carbocycles. The van der Waals surface area contributed by atoms with Crippen LogP contribution in [0.25, 0.3) is 11.4 Å². The summed E-state index contributed by atoms with van der Waals surface area (Å²) in [6, 6.07) is 11.9. The molecule has 0 saturated carbocycles. The first-order valence-corrected chi connectivity index (χ1v) is 5.77. The summed E-state index contributed by atoms with van der Waals surface area (Å²) in [7, 11) is 0. The van der Waals surface area contributed by atoms with E-state index in [9.17, 15) is 0 Å². The monoisotopic (exact) mass is 214 g/mol. The number of aryl methyl sites for hydroxylation is 1. The number of pyridine rings is 2. The summed E-state index contributed by atoms with van der Waals surface area (Å²) < 4.78 is 0. The summed E-state index contributed by atoms with van der Waals surface area (Å²) in [6.07, 6.45) is 2.75. The van der Waals surface area contributed by atoms with E-state index < -0.39 is 0 Å². The molecule has 0 aromatic carbocycles. The van der Waals surface area contributed by atoms with E-state index in [2.05, 4.69) is 16.9 Å². The van der Waals surface area contributed by atoms with Gasteiger partial charge in [-0.2, -0.15) is 0 Å². The van der Waals surface area contributed by atoms with Crippen LogP contribution in [0.5, 0.6) is 0 Å². The van der Waals surface area contributed by atoms with Crippen molar-refractivity contribution in [2.75, 3.05) is 0 Å². The number of aromatic nitrogens is 2. The first-order chi connectivity index (χ1) is 7.90. The minimum atomic E-state index is 0.933. The Morgan fingerprint density at radius 2 is 1.69 bits per heavy atom. The van der Waals surface area contributed by atoms with Crippen molar-refractivity contribution in [1.82, 2.24) is 9.97 Å². The third-order valence-corrected chi connectivity index (χ3v) is 2.10. The Bertz CT molecular complexity index is 410. The second-order valence-corrected chi connectivity index (χ2v) is 3.08. The van der Waals surface area contributed by atoms with E-state index in [4.69, 9.17) is 0 Å². The van der Waals surface area contributed by atoms with Crippen molar-refractivity contribution in [2.45, 2.75) is 27.2 Å². The van der Waals surface area contributed by atoms with Crippen LogP contribution in [0.1, 0.15) is 26.5 Å². The van der Waals surface area contributed by atoms with Gasteiger partial charge in [-0.3, -0.25) is 9.97 Å². The van der Waals surface area contributed by atoms with Gasteiger partial charge in [-0.25, -0.2) is 0 Å². The van der Waals surface area contributed by atoms with Crippen LogP contribution in [-0.4, -0.2) is 9.97 Å². The maximum absolute atomic E-state index is 4.50. The molecule has 2 rings (SSSR count). The Balaban J connectivity index is 0.000000606. The van der Waals surface area contributed by atoms with E-state index in [1.54, 1.807) is 6.20 Å². The van der Waals surface area contributed by atoms with Crippen molar-refractivity contribution in [3.8, 4) is 11.4 Å². The Kier molecular flexibility index (Phi) is 5.20. The average Bonchev–Trinajstić information content (AvgIpc) is 2.42. The minimum Gasteiger partial charge on any atom is -0.255 e. The van der Waals surface area contributed by atoms with Gasteiger partial charge in [0.05, 0.1) is 11.4 Å². The van der Waals surface area contributed by atoms with Crippen LogP contribution >= 0.6 is 0 Å². The van der Waals surface area contributed by atoms with Crippen LogP contribution < -0.4 is 0 Å². The van der Waals surface area contributed by atoms with Crippen molar-refractivity contribution in [3.63, 3.8) is 0 Å². The molecule has 84 valence electrons. The first kappa shape index (κ1) is 12.4. The zero-order chi connectivity index (χ0) is 11.8. The van der Waals surface area contributed by atoms with E-state index in [1.807, 2.05) is 50.2 Å². The van der Waals surface area contributed by atoms with Crippen LogP contribution in [-0.2, 0) is 6.42 Å². The van der Waals surface area contributed by atoms with Crippen LogP contribution in [0.4, 0.5) is 0 Å². The van der Waals surface area contributed by atoms with E-state index in [0.29, 0.717) is 0 Å². The van der Waals surface area contributed by atoms with Gasteiger partial charge < -0.3 is 0 Å². The van der Waals surface area contributed by atoms with Gasteiger partial charge in [0.1, 0.15) is 0 Å². The Morgan fingerprint density at radius 1 is 0.938 bits per heavy atom. The predicted molar refractivity (Wildman–Crippen MR) is 68.2 cm³/mol. The van der Waals surface area contributed by atoms with Gasteiger partial charge in [0, 0.05) is 11.9 Å². The SMILES string of the molecule is CC.CCc1cccc(-c2ccccn2)n1. The molecule has 0 amide bonds. The Hall–Kier alpha value is -1.70. The highest BCUT2D eigenvalue weighted by Gasteiger charge is 1.99. The van der Waals surface area contributed by atoms with Crippen molar-refractivity contribution in [3.05, 3.63) is 48.3 Å². The van der Waals surface area contributed by atoms with Gasteiger partial charge in [-0.1, -0.05) is 32.9 Å². The smallest absolute Gasteiger partial charge is 0.0889 e. The zero-order valence-corrected chi connectivity index (χ0v) is 10.1. The molecule has 0 fully saturated rings. The summed E-state index contributed by atoms with van der Waals surface area (Å²) in [5.41, 5.74) is 2.99. The summed E-state index contributed by atoms with van der Waals surface area (Å²) in [6.45, 7) is 6.10. The third kappa shape index (κ3) is 3.16. The molecular formula is C14H18N2. The van der Waals surface area contributed by atoms with Crippen LogP contribution in [0.15, 0.2) is 42.6 Å². The fourth-order valence-electron chi connectivity index (χ4n) is 1.33. The maximum Gasteiger partial charge on any atom is 0.0889 e. The van der Waals surface area contributed by atoms with Crippen molar-refractivity contribution in [1.29, 1.82) is 0 Å². The summed E-state index contributed by atoms with van der Waals surface area (Å²) >= 11 is 0. The molecular weight excluding hydrogens is 196 g/mol. The van der Waals surface area contributed by atoms with Gasteiger partial charge in [-0.15, -0.1) is 0 Å². The number of rotatable bonds is 2. The molecule has 0 atom stereocenters. The van der Waals surface area contributed by atoms with Crippen molar-refractivity contribution < 1.29 is 0 Å². The van der Waals surface area contributed by atoms with Gasteiger partial charge in [0.2, 0.25) is 0 Å². The molecule has 0 saturated heterocycles. The molecule has 0 unspecified atom stereocenters. The standard InChI is InChI=1S/C12H12N2.C2H6/c1-2-10-6-5-8-12(14-10)11-7-3-4-9-13-11;1-2/h3-9H,2H2,1H3;1-2H3. The molecule has 2 heteroatoms. The lowest BCUT2D eigenvalue weighted by atomic mass is 10.2. The van der Waals surface area contributed by atoms with E-state index >= 15 is 0 Å². The lowest BCUT2D eigenvalue weighted by Gasteiger charge is -2.01. The highest BCUT2D eigenvalue weighted by Crippen LogP contribution is 2.13. The molecule has 0 aliphatic heterocycles. The molecule has 0 bridgehead atoms. The molecule has 0 N–H and O–H groups in total. The van der Waals surface area contributed by atoms with Crippen LogP contribution in [0.3, 0.4) is 0 Å². The summed E-state index contributed by atoms with van der Waals surface area (Å²) in [5.74, 6) is 0. The summed E-state index contributed by atoms with van der Waals surface area (Å²) in [5, 5.41) is 0. The minimum absolute atomic E-state index is 0.933. The molecule has 2 heterocycles. The zero-order valence-electron chi connectivity index (χ0n) is 10.1. The number of hydrogen-bond acceptors (Lipinski definition) is 2. The molecule has 0 spiro atoms. The van der Waals surface area contributed by atoms with Crippen LogP contribution in [0, 0.1) is 0 Å². The highest BCUT2D eigenvalue weighted by molar-refractivity contribution is 5.53. The number of nitrogens with zero attached hydrogens (tertiary/aromatic N) is 2. The Labute approximate surface area is 97.4 Å². The van der Waals surface area contributed by atoms with E-state index in [1.165, 1.54) is 0 Å². The molecule has 2 aromatic rings. The van der Waals surface area contributed by atoms with Crippen molar-refractivity contribution in [2.24, 2.45) is 0 Å². The van der Waals surface area contributed by atoms with Crippen LogP contribution in [0.2, 0.25) is 0 Å². The molecule has 0 radical (unpaired) electrons. The largest absolute Gasteiger partial charge is 0.255 e.